The summed E-state index contributed by atoms with van der Waals surface area (Å²) in [6.07, 6.45) is -1.98. The topological polar surface area (TPSA) is 142 Å². The monoisotopic (exact) mass is 784 g/mol. The van der Waals surface area contributed by atoms with Crippen LogP contribution >= 0.6 is 30.4 Å². The molecular formula is C33H72O12P4. The van der Waals surface area contributed by atoms with Gasteiger partial charge in [-0.25, -0.2) is 0 Å². The van der Waals surface area contributed by atoms with Crippen molar-refractivity contribution in [2.75, 3.05) is 12.3 Å². The Hall–Kier alpha value is 0.600. The third-order valence-corrected chi connectivity index (χ3v) is 18.3. The predicted octanol–water partition coefficient (Wildman–Crippen LogP) is 12.2. The first-order valence-electron chi connectivity index (χ1n) is 18.1. The fraction of sp³-hybridized carbons (Fsp3) is 1.00. The van der Waals surface area contributed by atoms with Gasteiger partial charge in [0.1, 0.15) is 0 Å². The van der Waals surface area contributed by atoms with Crippen molar-refractivity contribution in [1.82, 2.24) is 0 Å². The molecule has 0 rings (SSSR count). The molecular weight excluding hydrogens is 712 g/mol. The van der Waals surface area contributed by atoms with Gasteiger partial charge in [-0.3, -0.25) is 18.3 Å². The molecule has 16 heteroatoms. The lowest BCUT2D eigenvalue weighted by Crippen LogP contribution is -2.36. The van der Waals surface area contributed by atoms with E-state index < -0.39 is 59.7 Å². The normalized spacial score (nSPS) is 14.4. The zero-order chi connectivity index (χ0) is 38.4. The van der Waals surface area contributed by atoms with Gasteiger partial charge in [0.25, 0.3) is 0 Å². The second-order valence-electron chi connectivity index (χ2n) is 14.8. The van der Waals surface area contributed by atoms with Gasteiger partial charge in [-0.2, -0.15) is 0 Å². The standard InChI is InChI=1S/C33H72O12P4/c1-25(2)38-46(34,39-26(3)4)23-19-17-21-33(48(36,42-29(9)10)43-30(11)12,49(37,44-31(13)14)45-32(15)16)22-18-20-24-47(35,40-27(5)6)41-28(7)8/h25-32H,17-24H2,1-16H3. The van der Waals surface area contributed by atoms with Crippen LogP contribution < -0.4 is 0 Å². The van der Waals surface area contributed by atoms with Crippen LogP contribution in [0.4, 0.5) is 0 Å². The molecule has 12 nitrogen and oxygen atoms in total. The van der Waals surface area contributed by atoms with Crippen molar-refractivity contribution in [2.24, 2.45) is 0 Å². The number of unbranched alkanes of at least 4 members (excludes halogenated alkanes) is 2. The molecule has 0 atom stereocenters. The summed E-state index contributed by atoms with van der Waals surface area (Å²) in [4.78, 5) is -1.77. The molecule has 0 amide bonds. The van der Waals surface area contributed by atoms with Crippen molar-refractivity contribution in [1.29, 1.82) is 0 Å². The minimum atomic E-state index is -4.34. The summed E-state index contributed by atoms with van der Waals surface area (Å²) < 4.78 is 106. The second kappa shape index (κ2) is 22.1. The van der Waals surface area contributed by atoms with Crippen LogP contribution in [0.3, 0.4) is 0 Å². The van der Waals surface area contributed by atoms with Gasteiger partial charge >= 0.3 is 30.4 Å². The molecule has 0 radical (unpaired) electrons. The van der Waals surface area contributed by atoms with Crippen molar-refractivity contribution in [3.8, 4) is 0 Å². The highest BCUT2D eigenvalue weighted by Gasteiger charge is 2.65. The molecule has 0 heterocycles. The molecule has 0 spiro atoms. The molecule has 0 N–H and O–H groups in total. The van der Waals surface area contributed by atoms with Gasteiger partial charge in [-0.1, -0.05) is 12.8 Å². The van der Waals surface area contributed by atoms with Gasteiger partial charge < -0.3 is 36.2 Å². The van der Waals surface area contributed by atoms with E-state index in [1.54, 1.807) is 111 Å². The van der Waals surface area contributed by atoms with Crippen LogP contribution in [0.15, 0.2) is 0 Å². The van der Waals surface area contributed by atoms with E-state index in [4.69, 9.17) is 36.2 Å². The zero-order valence-electron chi connectivity index (χ0n) is 33.5. The van der Waals surface area contributed by atoms with E-state index in [1.807, 2.05) is 0 Å². The Labute approximate surface area is 299 Å². The molecule has 49 heavy (non-hydrogen) atoms. The Morgan fingerprint density at radius 1 is 0.347 bits per heavy atom. The van der Waals surface area contributed by atoms with Gasteiger partial charge in [-0.05, 0) is 136 Å². The Kier molecular flexibility index (Phi) is 22.4. The summed E-state index contributed by atoms with van der Waals surface area (Å²) in [6.45, 7) is 28.3. The maximum absolute atomic E-state index is 15.4. The maximum Gasteiger partial charge on any atom is 0.349 e. The largest absolute Gasteiger partial charge is 0.349 e. The highest BCUT2D eigenvalue weighted by molar-refractivity contribution is 7.74. The zero-order valence-corrected chi connectivity index (χ0v) is 37.0. The van der Waals surface area contributed by atoms with Crippen molar-refractivity contribution in [3.05, 3.63) is 0 Å². The lowest BCUT2D eigenvalue weighted by molar-refractivity contribution is 0.104. The minimum Gasteiger partial charge on any atom is -0.306 e. The second-order valence-corrected chi connectivity index (χ2v) is 23.9. The number of hydrogen-bond donors (Lipinski definition) is 0. The summed E-state index contributed by atoms with van der Waals surface area (Å²) in [5.74, 6) is 0. The Bertz CT molecular complexity index is 979. The number of rotatable bonds is 28. The van der Waals surface area contributed by atoms with Crippen LogP contribution in [-0.4, -0.2) is 66.1 Å². The third kappa shape index (κ3) is 18.0. The van der Waals surface area contributed by atoms with E-state index in [2.05, 4.69) is 0 Å². The van der Waals surface area contributed by atoms with Crippen molar-refractivity contribution >= 4 is 30.4 Å². The molecule has 0 fully saturated rings. The molecule has 0 saturated carbocycles. The summed E-state index contributed by atoms with van der Waals surface area (Å²) in [6, 6.07) is 0. The molecule has 0 aromatic heterocycles. The van der Waals surface area contributed by atoms with Crippen LogP contribution in [0.2, 0.25) is 0 Å². The molecule has 0 aliphatic rings. The summed E-state index contributed by atoms with van der Waals surface area (Å²) in [7, 11) is -15.6. The molecule has 0 aromatic rings. The van der Waals surface area contributed by atoms with E-state index >= 15 is 9.13 Å². The van der Waals surface area contributed by atoms with Gasteiger partial charge in [-0.15, -0.1) is 0 Å². The molecule has 0 aromatic carbocycles. The molecule has 296 valence electrons. The fourth-order valence-electron chi connectivity index (χ4n) is 5.35. The molecule has 0 aliphatic heterocycles. The van der Waals surface area contributed by atoms with Crippen molar-refractivity contribution < 1.29 is 54.5 Å². The highest BCUT2D eigenvalue weighted by Crippen LogP contribution is 2.82. The average Bonchev–Trinajstić information content (AvgIpc) is 2.83. The third-order valence-electron chi connectivity index (χ3n) is 6.42. The minimum absolute atomic E-state index is 0.0342. The number of hydrogen-bond acceptors (Lipinski definition) is 12. The van der Waals surface area contributed by atoms with Crippen molar-refractivity contribution in [2.45, 2.75) is 203 Å². The quantitative estimate of drug-likeness (QED) is 0.0550. The first kappa shape index (κ1) is 49.6. The van der Waals surface area contributed by atoms with Gasteiger partial charge in [0, 0.05) is 0 Å². The maximum atomic E-state index is 15.4. The summed E-state index contributed by atoms with van der Waals surface area (Å²) in [5, 5.41) is 0. The van der Waals surface area contributed by atoms with Crippen LogP contribution in [0.25, 0.3) is 0 Å². The highest BCUT2D eigenvalue weighted by atomic mass is 31.2. The molecule has 0 unspecified atom stereocenters. The van der Waals surface area contributed by atoms with E-state index in [-0.39, 0.29) is 49.6 Å². The fourth-order valence-corrected chi connectivity index (χ4v) is 16.3. The first-order chi connectivity index (χ1) is 22.2. The first-order valence-corrected chi connectivity index (χ1v) is 24.6. The SMILES string of the molecule is CC(C)OP(=O)(CCCCC(CCCCP(=O)(OC(C)C)OC(C)C)(P(=O)(OC(C)C)OC(C)C)P(=O)(OC(C)C)OC(C)C)OC(C)C. The van der Waals surface area contributed by atoms with Crippen LogP contribution in [-0.2, 0) is 54.5 Å². The van der Waals surface area contributed by atoms with Gasteiger partial charge in [0.05, 0.1) is 61.2 Å². The van der Waals surface area contributed by atoms with Crippen molar-refractivity contribution in [3.63, 3.8) is 0 Å². The lowest BCUT2D eigenvalue weighted by atomic mass is 10.1. The van der Waals surface area contributed by atoms with Gasteiger partial charge in [0.15, 0.2) is 4.90 Å². The summed E-state index contributed by atoms with van der Waals surface area (Å²) in [5.41, 5.74) is 0. The Balaban J connectivity index is 7.20. The van der Waals surface area contributed by atoms with E-state index in [9.17, 15) is 9.13 Å². The van der Waals surface area contributed by atoms with Crippen LogP contribution in [0, 0.1) is 0 Å². The van der Waals surface area contributed by atoms with E-state index in [1.165, 1.54) is 0 Å². The predicted molar refractivity (Wildman–Crippen MR) is 200 cm³/mol. The van der Waals surface area contributed by atoms with E-state index in [0.29, 0.717) is 25.7 Å². The summed E-state index contributed by atoms with van der Waals surface area (Å²) >= 11 is 0. The Morgan fingerprint density at radius 2 is 0.551 bits per heavy atom. The lowest BCUT2D eigenvalue weighted by Gasteiger charge is -2.45. The van der Waals surface area contributed by atoms with Gasteiger partial charge in [0.2, 0.25) is 0 Å². The Morgan fingerprint density at radius 3 is 0.735 bits per heavy atom. The van der Waals surface area contributed by atoms with Crippen LogP contribution in [0.5, 0.6) is 0 Å². The average molecular weight is 785 g/mol. The molecule has 0 saturated heterocycles. The van der Waals surface area contributed by atoms with Crippen LogP contribution in [0.1, 0.15) is 149 Å². The van der Waals surface area contributed by atoms with E-state index in [0.717, 1.165) is 0 Å². The molecule has 0 bridgehead atoms. The molecule has 0 aliphatic carbocycles. The smallest absolute Gasteiger partial charge is 0.306 e.